The molecule has 0 aliphatic carbocycles. The van der Waals surface area contributed by atoms with E-state index in [-0.39, 0.29) is 11.6 Å². The normalized spacial score (nSPS) is 9.93. The van der Waals surface area contributed by atoms with Crippen LogP contribution in [0.1, 0.15) is 18.9 Å². The smallest absolute Gasteiger partial charge is 0.130 e. The third-order valence-corrected chi connectivity index (χ3v) is 2.01. The zero-order chi connectivity index (χ0) is 10.6. The van der Waals surface area contributed by atoms with Crippen LogP contribution in [0.5, 0.6) is 5.75 Å². The third kappa shape index (κ3) is 2.83. The van der Waals surface area contributed by atoms with Gasteiger partial charge in [-0.2, -0.15) is 0 Å². The van der Waals surface area contributed by atoms with Crippen molar-refractivity contribution in [2.24, 2.45) is 0 Å². The molecule has 1 aromatic rings. The summed E-state index contributed by atoms with van der Waals surface area (Å²) in [4.78, 5) is 10.7. The molecule has 0 unspecified atom stereocenters. The number of aryl methyl sites for hydroxylation is 1. The van der Waals surface area contributed by atoms with Gasteiger partial charge in [0, 0.05) is 12.5 Å². The van der Waals surface area contributed by atoms with Crippen LogP contribution >= 0.6 is 0 Å². The standard InChI is InChI=1S/C11H13FO2/c1-8(13)3-4-9-5-6-10(14-2)7-11(9)12/h5-7H,3-4H2,1-2H3. The average molecular weight is 196 g/mol. The minimum Gasteiger partial charge on any atom is -0.497 e. The quantitative estimate of drug-likeness (QED) is 0.738. The van der Waals surface area contributed by atoms with E-state index in [9.17, 15) is 9.18 Å². The highest BCUT2D eigenvalue weighted by Gasteiger charge is 2.04. The van der Waals surface area contributed by atoms with Crippen molar-refractivity contribution >= 4 is 5.78 Å². The number of methoxy groups -OCH3 is 1. The van der Waals surface area contributed by atoms with Gasteiger partial charge in [0.05, 0.1) is 7.11 Å². The van der Waals surface area contributed by atoms with Crippen molar-refractivity contribution in [3.63, 3.8) is 0 Å². The lowest BCUT2D eigenvalue weighted by Crippen LogP contribution is -1.97. The van der Waals surface area contributed by atoms with E-state index in [0.717, 1.165) is 0 Å². The first-order valence-corrected chi connectivity index (χ1v) is 4.45. The van der Waals surface area contributed by atoms with E-state index in [1.165, 1.54) is 20.1 Å². The Kier molecular flexibility index (Phi) is 3.63. The third-order valence-electron chi connectivity index (χ3n) is 2.01. The van der Waals surface area contributed by atoms with Crippen LogP contribution < -0.4 is 4.74 Å². The molecule has 0 amide bonds. The summed E-state index contributed by atoms with van der Waals surface area (Å²) in [7, 11) is 1.49. The molecule has 0 fully saturated rings. The van der Waals surface area contributed by atoms with Gasteiger partial charge in [0.1, 0.15) is 17.3 Å². The summed E-state index contributed by atoms with van der Waals surface area (Å²) in [5.74, 6) is 0.250. The number of rotatable bonds is 4. The second-order valence-corrected chi connectivity index (χ2v) is 3.16. The second-order valence-electron chi connectivity index (χ2n) is 3.16. The lowest BCUT2D eigenvalue weighted by molar-refractivity contribution is -0.116. The van der Waals surface area contributed by atoms with E-state index in [1.807, 2.05) is 0 Å². The Hall–Kier alpha value is -1.38. The van der Waals surface area contributed by atoms with Crippen molar-refractivity contribution in [3.8, 4) is 5.75 Å². The molecule has 76 valence electrons. The molecule has 1 aromatic carbocycles. The van der Waals surface area contributed by atoms with Crippen LogP contribution in [0.15, 0.2) is 18.2 Å². The summed E-state index contributed by atoms with van der Waals surface area (Å²) in [6, 6.07) is 4.67. The molecule has 0 aliphatic rings. The molecule has 0 bridgehead atoms. The fourth-order valence-corrected chi connectivity index (χ4v) is 1.17. The van der Waals surface area contributed by atoms with Gasteiger partial charge in [-0.3, -0.25) is 0 Å². The summed E-state index contributed by atoms with van der Waals surface area (Å²) in [6.07, 6.45) is 0.828. The van der Waals surface area contributed by atoms with E-state index >= 15 is 0 Å². The van der Waals surface area contributed by atoms with Crippen LogP contribution in [0.25, 0.3) is 0 Å². The molecule has 0 spiro atoms. The van der Waals surface area contributed by atoms with Gasteiger partial charge in [0.25, 0.3) is 0 Å². The predicted octanol–water partition coefficient (Wildman–Crippen LogP) is 2.36. The Bertz CT molecular complexity index is 334. The molecule has 0 aliphatic heterocycles. The highest BCUT2D eigenvalue weighted by Crippen LogP contribution is 2.17. The first kappa shape index (κ1) is 10.7. The number of benzene rings is 1. The molecule has 0 N–H and O–H groups in total. The number of carbonyl (C=O) groups excluding carboxylic acids is 1. The minimum absolute atomic E-state index is 0.0696. The fraction of sp³-hybridized carbons (Fsp3) is 0.364. The summed E-state index contributed by atoms with van der Waals surface area (Å²) < 4.78 is 18.2. The molecule has 0 atom stereocenters. The highest BCUT2D eigenvalue weighted by atomic mass is 19.1. The number of ketones is 1. The molecule has 3 heteroatoms. The van der Waals surface area contributed by atoms with E-state index in [0.29, 0.717) is 24.2 Å². The number of halogens is 1. The lowest BCUT2D eigenvalue weighted by Gasteiger charge is -2.04. The molecular formula is C11H13FO2. The maximum atomic E-state index is 13.3. The molecule has 1 rings (SSSR count). The maximum absolute atomic E-state index is 13.3. The zero-order valence-corrected chi connectivity index (χ0v) is 8.34. The summed E-state index contributed by atoms with van der Waals surface area (Å²) >= 11 is 0. The van der Waals surface area contributed by atoms with Gasteiger partial charge in [-0.1, -0.05) is 6.07 Å². The van der Waals surface area contributed by atoms with Crippen molar-refractivity contribution in [1.29, 1.82) is 0 Å². The van der Waals surface area contributed by atoms with Crippen LogP contribution in [0.2, 0.25) is 0 Å². The van der Waals surface area contributed by atoms with Crippen molar-refractivity contribution in [1.82, 2.24) is 0 Å². The molecule has 0 saturated carbocycles. The van der Waals surface area contributed by atoms with Crippen molar-refractivity contribution in [2.75, 3.05) is 7.11 Å². The van der Waals surface area contributed by atoms with E-state index in [1.54, 1.807) is 12.1 Å². The Morgan fingerprint density at radius 3 is 2.71 bits per heavy atom. The molecule has 0 heterocycles. The first-order valence-electron chi connectivity index (χ1n) is 4.45. The Labute approximate surface area is 82.7 Å². The number of hydrogen-bond acceptors (Lipinski definition) is 2. The van der Waals surface area contributed by atoms with Crippen LogP contribution in [0.4, 0.5) is 4.39 Å². The van der Waals surface area contributed by atoms with Crippen LogP contribution in [-0.2, 0) is 11.2 Å². The van der Waals surface area contributed by atoms with Gasteiger partial charge in [0.15, 0.2) is 0 Å². The highest BCUT2D eigenvalue weighted by molar-refractivity contribution is 5.75. The van der Waals surface area contributed by atoms with Crippen molar-refractivity contribution in [3.05, 3.63) is 29.6 Å². The minimum atomic E-state index is -0.314. The average Bonchev–Trinajstić information content (AvgIpc) is 2.15. The summed E-state index contributed by atoms with van der Waals surface area (Å²) in [5.41, 5.74) is 0.556. The molecule has 14 heavy (non-hydrogen) atoms. The van der Waals surface area contributed by atoms with Gasteiger partial charge in [-0.15, -0.1) is 0 Å². The molecular weight excluding hydrogens is 183 g/mol. The Morgan fingerprint density at radius 2 is 2.21 bits per heavy atom. The van der Waals surface area contributed by atoms with Gasteiger partial charge in [0.2, 0.25) is 0 Å². The van der Waals surface area contributed by atoms with Crippen LogP contribution in [0.3, 0.4) is 0 Å². The lowest BCUT2D eigenvalue weighted by atomic mass is 10.1. The summed E-state index contributed by atoms with van der Waals surface area (Å²) in [6.45, 7) is 1.50. The monoisotopic (exact) mass is 196 g/mol. The fourth-order valence-electron chi connectivity index (χ4n) is 1.17. The van der Waals surface area contributed by atoms with Crippen molar-refractivity contribution < 1.29 is 13.9 Å². The van der Waals surface area contributed by atoms with E-state index in [4.69, 9.17) is 4.74 Å². The van der Waals surface area contributed by atoms with Gasteiger partial charge < -0.3 is 9.53 Å². The van der Waals surface area contributed by atoms with Crippen LogP contribution in [0, 0.1) is 5.82 Å². The molecule has 0 saturated heterocycles. The Balaban J connectivity index is 2.73. The van der Waals surface area contributed by atoms with E-state index < -0.39 is 0 Å². The molecule has 0 radical (unpaired) electrons. The van der Waals surface area contributed by atoms with Gasteiger partial charge in [-0.25, -0.2) is 4.39 Å². The largest absolute Gasteiger partial charge is 0.497 e. The van der Waals surface area contributed by atoms with Gasteiger partial charge >= 0.3 is 0 Å². The van der Waals surface area contributed by atoms with Gasteiger partial charge in [-0.05, 0) is 25.0 Å². The topological polar surface area (TPSA) is 26.3 Å². The Morgan fingerprint density at radius 1 is 1.50 bits per heavy atom. The number of hydrogen-bond donors (Lipinski definition) is 0. The number of carbonyl (C=O) groups is 1. The maximum Gasteiger partial charge on any atom is 0.130 e. The van der Waals surface area contributed by atoms with Crippen molar-refractivity contribution in [2.45, 2.75) is 19.8 Å². The molecule has 0 aromatic heterocycles. The summed E-state index contributed by atoms with van der Waals surface area (Å²) in [5, 5.41) is 0. The first-order chi connectivity index (χ1) is 6.63. The number of ether oxygens (including phenoxy) is 1. The van der Waals surface area contributed by atoms with Crippen LogP contribution in [-0.4, -0.2) is 12.9 Å². The predicted molar refractivity (Wildman–Crippen MR) is 52.0 cm³/mol. The SMILES string of the molecule is COc1ccc(CCC(C)=O)c(F)c1. The zero-order valence-electron chi connectivity index (χ0n) is 8.34. The molecule has 2 nitrogen and oxygen atoms in total. The van der Waals surface area contributed by atoms with E-state index in [2.05, 4.69) is 0 Å². The number of Topliss-reactive ketones (excluding diaryl/α,β-unsaturated/α-hetero) is 1. The second kappa shape index (κ2) is 4.74.